The molecule has 0 radical (unpaired) electrons. The quantitative estimate of drug-likeness (QED) is 0.870. The molecular formula is C16H25FN2O. The molecule has 0 bridgehead atoms. The van der Waals surface area contributed by atoms with Crippen LogP contribution in [0.2, 0.25) is 0 Å². The molecule has 0 aliphatic carbocycles. The van der Waals surface area contributed by atoms with E-state index in [1.807, 2.05) is 13.0 Å². The lowest BCUT2D eigenvalue weighted by atomic mass is 10.1. The van der Waals surface area contributed by atoms with E-state index in [1.165, 1.54) is 12.5 Å². The van der Waals surface area contributed by atoms with Crippen LogP contribution in [-0.2, 0) is 6.54 Å². The average Bonchev–Trinajstić information content (AvgIpc) is 2.70. The zero-order chi connectivity index (χ0) is 14.4. The third-order valence-corrected chi connectivity index (χ3v) is 4.04. The van der Waals surface area contributed by atoms with E-state index in [2.05, 4.69) is 10.2 Å². The van der Waals surface area contributed by atoms with Gasteiger partial charge in [0.2, 0.25) is 0 Å². The number of halogens is 1. The van der Waals surface area contributed by atoms with E-state index >= 15 is 0 Å². The molecule has 1 aromatic carbocycles. The Hall–Kier alpha value is -1.13. The maximum absolute atomic E-state index is 14.1. The number of anilines is 1. The molecule has 2 rings (SSSR count). The summed E-state index contributed by atoms with van der Waals surface area (Å²) in [7, 11) is 0. The molecule has 1 aliphatic heterocycles. The van der Waals surface area contributed by atoms with Crippen molar-refractivity contribution in [1.82, 2.24) is 5.32 Å². The van der Waals surface area contributed by atoms with Crippen LogP contribution in [0.3, 0.4) is 0 Å². The summed E-state index contributed by atoms with van der Waals surface area (Å²) in [5, 5.41) is 12.8. The SMILES string of the molecule is CCNCc1c(F)cccc1N1CCCCCC1CO. The lowest BCUT2D eigenvalue weighted by Gasteiger charge is -2.32. The fraction of sp³-hybridized carbons (Fsp3) is 0.625. The smallest absolute Gasteiger partial charge is 0.129 e. The van der Waals surface area contributed by atoms with Crippen LogP contribution in [0.5, 0.6) is 0 Å². The first-order valence-corrected chi connectivity index (χ1v) is 7.63. The van der Waals surface area contributed by atoms with Crippen molar-refractivity contribution in [2.24, 2.45) is 0 Å². The Bertz CT molecular complexity index is 425. The van der Waals surface area contributed by atoms with Gasteiger partial charge in [0.05, 0.1) is 12.6 Å². The number of nitrogens with zero attached hydrogens (tertiary/aromatic N) is 1. The van der Waals surface area contributed by atoms with Gasteiger partial charge in [-0.1, -0.05) is 25.8 Å². The summed E-state index contributed by atoms with van der Waals surface area (Å²) in [4.78, 5) is 2.20. The molecule has 1 atom stereocenters. The van der Waals surface area contributed by atoms with Crippen molar-refractivity contribution in [3.8, 4) is 0 Å². The molecule has 0 amide bonds. The number of benzene rings is 1. The minimum Gasteiger partial charge on any atom is -0.394 e. The van der Waals surface area contributed by atoms with Crippen LogP contribution < -0.4 is 10.2 Å². The zero-order valence-electron chi connectivity index (χ0n) is 12.2. The summed E-state index contributed by atoms with van der Waals surface area (Å²) in [5.41, 5.74) is 1.65. The molecule has 1 aromatic rings. The van der Waals surface area contributed by atoms with Crippen LogP contribution in [0.1, 0.15) is 38.2 Å². The molecule has 3 nitrogen and oxygen atoms in total. The topological polar surface area (TPSA) is 35.5 Å². The first kappa shape index (κ1) is 15.3. The fourth-order valence-corrected chi connectivity index (χ4v) is 2.93. The van der Waals surface area contributed by atoms with Gasteiger partial charge in [-0.2, -0.15) is 0 Å². The molecule has 2 N–H and O–H groups in total. The molecule has 0 spiro atoms. The van der Waals surface area contributed by atoms with Crippen molar-refractivity contribution < 1.29 is 9.50 Å². The molecule has 20 heavy (non-hydrogen) atoms. The maximum Gasteiger partial charge on any atom is 0.129 e. The zero-order valence-corrected chi connectivity index (χ0v) is 12.2. The lowest BCUT2D eigenvalue weighted by Crippen LogP contribution is -2.38. The summed E-state index contributed by atoms with van der Waals surface area (Å²) < 4.78 is 14.1. The molecule has 1 fully saturated rings. The Morgan fingerprint density at radius 3 is 2.95 bits per heavy atom. The summed E-state index contributed by atoms with van der Waals surface area (Å²) in [5.74, 6) is -0.163. The first-order valence-electron chi connectivity index (χ1n) is 7.63. The van der Waals surface area contributed by atoms with Gasteiger partial charge in [0.25, 0.3) is 0 Å². The highest BCUT2D eigenvalue weighted by molar-refractivity contribution is 5.55. The van der Waals surface area contributed by atoms with Gasteiger partial charge in [0.1, 0.15) is 5.82 Å². The van der Waals surface area contributed by atoms with Gasteiger partial charge < -0.3 is 15.3 Å². The third-order valence-electron chi connectivity index (χ3n) is 4.04. The Morgan fingerprint density at radius 1 is 1.35 bits per heavy atom. The summed E-state index contributed by atoms with van der Waals surface area (Å²) in [6.45, 7) is 4.40. The Morgan fingerprint density at radius 2 is 2.20 bits per heavy atom. The number of hydrogen-bond donors (Lipinski definition) is 2. The minimum absolute atomic E-state index is 0.111. The van der Waals surface area contributed by atoms with Crippen molar-refractivity contribution in [3.63, 3.8) is 0 Å². The number of rotatable bonds is 5. The average molecular weight is 280 g/mol. The van der Waals surface area contributed by atoms with Gasteiger partial charge in [-0.25, -0.2) is 4.39 Å². The molecule has 1 unspecified atom stereocenters. The fourth-order valence-electron chi connectivity index (χ4n) is 2.93. The second kappa shape index (κ2) is 7.60. The van der Waals surface area contributed by atoms with Gasteiger partial charge in [-0.3, -0.25) is 0 Å². The summed E-state index contributed by atoms with van der Waals surface area (Å²) >= 11 is 0. The van der Waals surface area contributed by atoms with Gasteiger partial charge in [-0.15, -0.1) is 0 Å². The van der Waals surface area contributed by atoms with Gasteiger partial charge in [-0.05, 0) is 31.5 Å². The second-order valence-electron chi connectivity index (χ2n) is 5.40. The van der Waals surface area contributed by atoms with E-state index in [0.717, 1.165) is 43.6 Å². The monoisotopic (exact) mass is 280 g/mol. The van der Waals surface area contributed by atoms with Crippen LogP contribution in [0, 0.1) is 5.82 Å². The Balaban J connectivity index is 2.30. The number of aliphatic hydroxyl groups excluding tert-OH is 1. The summed E-state index contributed by atoms with van der Waals surface area (Å²) in [6, 6.07) is 5.37. The highest BCUT2D eigenvalue weighted by Crippen LogP contribution is 2.29. The molecule has 1 aliphatic rings. The second-order valence-corrected chi connectivity index (χ2v) is 5.40. The van der Waals surface area contributed by atoms with Crippen molar-refractivity contribution in [1.29, 1.82) is 0 Å². The van der Waals surface area contributed by atoms with E-state index in [4.69, 9.17) is 0 Å². The number of hydrogen-bond acceptors (Lipinski definition) is 3. The van der Waals surface area contributed by atoms with Gasteiger partial charge in [0, 0.05) is 24.3 Å². The predicted octanol–water partition coefficient (Wildman–Crippen LogP) is 2.68. The molecule has 112 valence electrons. The minimum atomic E-state index is -0.163. The predicted molar refractivity (Wildman–Crippen MR) is 80.5 cm³/mol. The first-order chi connectivity index (χ1) is 9.77. The van der Waals surface area contributed by atoms with E-state index in [-0.39, 0.29) is 18.5 Å². The highest BCUT2D eigenvalue weighted by Gasteiger charge is 2.23. The lowest BCUT2D eigenvalue weighted by molar-refractivity contribution is 0.255. The van der Waals surface area contributed by atoms with Crippen molar-refractivity contribution in [2.75, 3.05) is 24.6 Å². The Labute approximate surface area is 120 Å². The van der Waals surface area contributed by atoms with Crippen molar-refractivity contribution >= 4 is 5.69 Å². The van der Waals surface area contributed by atoms with Crippen molar-refractivity contribution in [2.45, 2.75) is 45.2 Å². The molecule has 1 heterocycles. The highest BCUT2D eigenvalue weighted by atomic mass is 19.1. The van der Waals surface area contributed by atoms with Gasteiger partial charge in [0.15, 0.2) is 0 Å². The molecule has 1 saturated heterocycles. The molecule has 4 heteroatoms. The summed E-state index contributed by atoms with van der Waals surface area (Å²) in [6.07, 6.45) is 4.41. The van der Waals surface area contributed by atoms with E-state index in [0.29, 0.717) is 6.54 Å². The molecule has 0 aromatic heterocycles. The number of nitrogens with one attached hydrogen (secondary N) is 1. The normalized spacial score (nSPS) is 19.9. The number of aliphatic hydroxyl groups is 1. The van der Waals surface area contributed by atoms with Crippen molar-refractivity contribution in [3.05, 3.63) is 29.6 Å². The maximum atomic E-state index is 14.1. The Kier molecular flexibility index (Phi) is 5.80. The van der Waals surface area contributed by atoms with Crippen LogP contribution in [0.25, 0.3) is 0 Å². The van der Waals surface area contributed by atoms with Crippen LogP contribution >= 0.6 is 0 Å². The van der Waals surface area contributed by atoms with Gasteiger partial charge >= 0.3 is 0 Å². The largest absolute Gasteiger partial charge is 0.394 e. The van der Waals surface area contributed by atoms with Crippen LogP contribution in [-0.4, -0.2) is 30.8 Å². The molecule has 0 saturated carbocycles. The standard InChI is InChI=1S/C16H25FN2O/c1-2-18-11-14-15(17)8-6-9-16(14)19-10-5-3-4-7-13(19)12-20/h6,8-9,13,18,20H,2-5,7,10-12H2,1H3. The van der Waals surface area contributed by atoms with E-state index in [9.17, 15) is 9.50 Å². The van der Waals surface area contributed by atoms with E-state index in [1.54, 1.807) is 6.07 Å². The third kappa shape index (κ3) is 3.49. The van der Waals surface area contributed by atoms with Crippen LogP contribution in [0.15, 0.2) is 18.2 Å². The van der Waals surface area contributed by atoms with E-state index < -0.39 is 0 Å². The van der Waals surface area contributed by atoms with Crippen LogP contribution in [0.4, 0.5) is 10.1 Å². The molecular weight excluding hydrogens is 255 g/mol.